The van der Waals surface area contributed by atoms with Crippen LogP contribution in [0, 0.1) is 0 Å². The van der Waals surface area contributed by atoms with Crippen molar-refractivity contribution in [3.8, 4) is 6.01 Å². The lowest BCUT2D eigenvalue weighted by Gasteiger charge is -2.00. The molecule has 1 aromatic rings. The third-order valence-electron chi connectivity index (χ3n) is 1.35. The van der Waals surface area contributed by atoms with E-state index in [0.717, 1.165) is 0 Å². The molecule has 0 saturated carbocycles. The summed E-state index contributed by atoms with van der Waals surface area (Å²) in [5.41, 5.74) is 0. The predicted octanol–water partition coefficient (Wildman–Crippen LogP) is -0.546. The largest absolute Gasteiger partial charge is 0.481 e. The van der Waals surface area contributed by atoms with E-state index in [0.29, 0.717) is 19.0 Å². The Morgan fingerprint density at radius 3 is 3.00 bits per heavy atom. The molecule has 1 aromatic heterocycles. The van der Waals surface area contributed by atoms with Crippen LogP contribution in [0.15, 0.2) is 0 Å². The summed E-state index contributed by atoms with van der Waals surface area (Å²) >= 11 is 0. The normalized spacial score (nSPS) is 9.92. The Morgan fingerprint density at radius 1 is 1.69 bits per heavy atom. The average Bonchev–Trinajstić information content (AvgIpc) is 2.45. The number of ether oxygens (including phenoxy) is 1. The van der Waals surface area contributed by atoms with Crippen LogP contribution in [0.2, 0.25) is 0 Å². The summed E-state index contributed by atoms with van der Waals surface area (Å²) in [5, 5.41) is 18.8. The molecule has 0 saturated heterocycles. The highest BCUT2D eigenvalue weighted by molar-refractivity contribution is 5.66. The fourth-order valence-electron chi connectivity index (χ4n) is 0.730. The Bertz CT molecular complexity index is 285. The van der Waals surface area contributed by atoms with E-state index in [2.05, 4.69) is 15.5 Å². The molecule has 0 bridgehead atoms. The first-order chi connectivity index (χ1) is 6.20. The molecule has 0 atom stereocenters. The molecule has 0 aliphatic rings. The first-order valence-electron chi connectivity index (χ1n) is 3.77. The number of aliphatic carboxylic acids is 1. The van der Waals surface area contributed by atoms with Crippen LogP contribution in [0.1, 0.15) is 12.8 Å². The third kappa shape index (κ3) is 3.06. The minimum absolute atomic E-state index is 0.0886. The van der Waals surface area contributed by atoms with Gasteiger partial charge in [0.1, 0.15) is 0 Å². The van der Waals surface area contributed by atoms with Gasteiger partial charge in [0.2, 0.25) is 0 Å². The van der Waals surface area contributed by atoms with Crippen LogP contribution in [0.4, 0.5) is 0 Å². The quantitative estimate of drug-likeness (QED) is 0.620. The van der Waals surface area contributed by atoms with Gasteiger partial charge in [-0.2, -0.15) is 4.68 Å². The van der Waals surface area contributed by atoms with Crippen molar-refractivity contribution in [1.82, 2.24) is 20.2 Å². The number of nitrogens with zero attached hydrogens (tertiary/aromatic N) is 4. The summed E-state index contributed by atoms with van der Waals surface area (Å²) in [4.78, 5) is 10.1. The minimum Gasteiger partial charge on any atom is -0.481 e. The van der Waals surface area contributed by atoms with Gasteiger partial charge in [-0.1, -0.05) is 5.10 Å². The summed E-state index contributed by atoms with van der Waals surface area (Å²) in [6, 6.07) is 0.297. The smallest absolute Gasteiger partial charge is 0.335 e. The van der Waals surface area contributed by atoms with Gasteiger partial charge in [0.05, 0.1) is 6.61 Å². The standard InChI is InChI=1S/C6H10N4O3/c1-10-6(7-8-9-10)13-4-2-3-5(11)12/h2-4H2,1H3,(H,11,12). The highest BCUT2D eigenvalue weighted by atomic mass is 16.5. The van der Waals surface area contributed by atoms with Gasteiger partial charge in [-0.3, -0.25) is 4.79 Å². The molecule has 72 valence electrons. The van der Waals surface area contributed by atoms with Gasteiger partial charge in [0.25, 0.3) is 0 Å². The molecule has 0 spiro atoms. The van der Waals surface area contributed by atoms with Crippen LogP contribution in [-0.4, -0.2) is 37.9 Å². The van der Waals surface area contributed by atoms with Crippen molar-refractivity contribution in [2.45, 2.75) is 12.8 Å². The van der Waals surface area contributed by atoms with E-state index in [4.69, 9.17) is 9.84 Å². The Morgan fingerprint density at radius 2 is 2.46 bits per heavy atom. The lowest BCUT2D eigenvalue weighted by Crippen LogP contribution is -2.05. The van der Waals surface area contributed by atoms with E-state index in [1.165, 1.54) is 4.68 Å². The molecule has 0 unspecified atom stereocenters. The molecule has 0 aromatic carbocycles. The second-order valence-corrected chi connectivity index (χ2v) is 2.43. The molecular formula is C6H10N4O3. The summed E-state index contributed by atoms with van der Waals surface area (Å²) in [7, 11) is 1.65. The van der Waals surface area contributed by atoms with Crippen molar-refractivity contribution in [2.75, 3.05) is 6.61 Å². The number of carboxylic acids is 1. The van der Waals surface area contributed by atoms with E-state index in [1.54, 1.807) is 7.05 Å². The highest BCUT2D eigenvalue weighted by Gasteiger charge is 2.02. The fraction of sp³-hybridized carbons (Fsp3) is 0.667. The predicted molar refractivity (Wildman–Crippen MR) is 41.2 cm³/mol. The Kier molecular flexibility index (Phi) is 3.18. The first kappa shape index (κ1) is 9.43. The zero-order chi connectivity index (χ0) is 9.68. The summed E-state index contributed by atoms with van der Waals surface area (Å²) in [6.07, 6.45) is 0.535. The molecule has 7 nitrogen and oxygen atoms in total. The molecule has 1 heterocycles. The molecule has 0 aliphatic carbocycles. The van der Waals surface area contributed by atoms with Crippen molar-refractivity contribution in [2.24, 2.45) is 7.05 Å². The van der Waals surface area contributed by atoms with E-state index in [1.807, 2.05) is 0 Å². The average molecular weight is 186 g/mol. The molecular weight excluding hydrogens is 176 g/mol. The molecule has 0 aliphatic heterocycles. The number of aryl methyl sites for hydroxylation is 1. The van der Waals surface area contributed by atoms with E-state index >= 15 is 0 Å². The fourth-order valence-corrected chi connectivity index (χ4v) is 0.730. The van der Waals surface area contributed by atoms with Gasteiger partial charge in [-0.05, 0) is 16.8 Å². The van der Waals surface area contributed by atoms with Gasteiger partial charge in [0, 0.05) is 13.5 Å². The number of rotatable bonds is 5. The topological polar surface area (TPSA) is 90.1 Å². The van der Waals surface area contributed by atoms with Crippen LogP contribution in [0.25, 0.3) is 0 Å². The molecule has 0 fully saturated rings. The third-order valence-corrected chi connectivity index (χ3v) is 1.35. The van der Waals surface area contributed by atoms with Crippen LogP contribution >= 0.6 is 0 Å². The number of aromatic nitrogens is 4. The van der Waals surface area contributed by atoms with Gasteiger partial charge in [0.15, 0.2) is 0 Å². The molecule has 7 heteroatoms. The van der Waals surface area contributed by atoms with Gasteiger partial charge in [-0.25, -0.2) is 0 Å². The van der Waals surface area contributed by atoms with E-state index in [9.17, 15) is 4.79 Å². The molecule has 13 heavy (non-hydrogen) atoms. The van der Waals surface area contributed by atoms with Crippen molar-refractivity contribution in [3.63, 3.8) is 0 Å². The molecule has 0 radical (unpaired) electrons. The van der Waals surface area contributed by atoms with Crippen LogP contribution < -0.4 is 4.74 Å². The SMILES string of the molecule is Cn1nnnc1OCCCC(=O)O. The van der Waals surface area contributed by atoms with Crippen LogP contribution in [0.5, 0.6) is 6.01 Å². The van der Waals surface area contributed by atoms with E-state index < -0.39 is 5.97 Å². The Balaban J connectivity index is 2.20. The lowest BCUT2D eigenvalue weighted by molar-refractivity contribution is -0.137. The van der Waals surface area contributed by atoms with Crippen LogP contribution in [-0.2, 0) is 11.8 Å². The summed E-state index contributed by atoms with van der Waals surface area (Å²) in [6.45, 7) is 0.306. The van der Waals surface area contributed by atoms with E-state index in [-0.39, 0.29) is 6.42 Å². The Labute approximate surface area is 74.3 Å². The van der Waals surface area contributed by atoms with Crippen LogP contribution in [0.3, 0.4) is 0 Å². The number of hydrogen-bond acceptors (Lipinski definition) is 5. The molecule has 1 N–H and O–H groups in total. The summed E-state index contributed by atoms with van der Waals surface area (Å²) < 4.78 is 6.47. The second kappa shape index (κ2) is 4.39. The molecule has 0 amide bonds. The highest BCUT2D eigenvalue weighted by Crippen LogP contribution is 2.00. The number of carboxylic acid groups (broad SMARTS) is 1. The zero-order valence-corrected chi connectivity index (χ0v) is 7.17. The van der Waals surface area contributed by atoms with Gasteiger partial charge in [-0.15, -0.1) is 0 Å². The monoisotopic (exact) mass is 186 g/mol. The maximum absolute atomic E-state index is 10.1. The maximum Gasteiger partial charge on any atom is 0.335 e. The zero-order valence-electron chi connectivity index (χ0n) is 7.17. The van der Waals surface area contributed by atoms with Crippen molar-refractivity contribution >= 4 is 5.97 Å². The first-order valence-corrected chi connectivity index (χ1v) is 3.77. The minimum atomic E-state index is -0.834. The van der Waals surface area contributed by atoms with Gasteiger partial charge >= 0.3 is 12.0 Å². The number of hydrogen-bond donors (Lipinski definition) is 1. The molecule has 1 rings (SSSR count). The Hall–Kier alpha value is -1.66. The van der Waals surface area contributed by atoms with Crippen molar-refractivity contribution < 1.29 is 14.6 Å². The number of tetrazole rings is 1. The maximum atomic E-state index is 10.1. The van der Waals surface area contributed by atoms with Crippen molar-refractivity contribution in [1.29, 1.82) is 0 Å². The lowest BCUT2D eigenvalue weighted by atomic mass is 10.3. The van der Waals surface area contributed by atoms with Crippen molar-refractivity contribution in [3.05, 3.63) is 0 Å². The summed E-state index contributed by atoms with van der Waals surface area (Å²) in [5.74, 6) is -0.834. The number of carbonyl (C=O) groups is 1. The van der Waals surface area contributed by atoms with Gasteiger partial charge < -0.3 is 9.84 Å². The second-order valence-electron chi connectivity index (χ2n) is 2.43.